The maximum Gasteiger partial charge on any atom is 0.256 e. The van der Waals surface area contributed by atoms with Crippen molar-refractivity contribution >= 4 is 0 Å². The van der Waals surface area contributed by atoms with E-state index < -0.39 is 0 Å². The standard InChI is InChI=1S/C46H91N2/c1-4-7-10-13-16-18-20-22-24-25-26-28-30-32-34-37-40-43-48-45-44-47(42-39-36-15-12-9-6-3)46(48)41-38-35-33-31-29-27-23-21-19-17-14-11-8-5-2/h44-45H,4-43H2,1-3H3/q+1. The van der Waals surface area contributed by atoms with Gasteiger partial charge in [0.25, 0.3) is 5.82 Å². The van der Waals surface area contributed by atoms with Gasteiger partial charge in [-0.15, -0.1) is 0 Å². The molecular weight excluding hydrogens is 581 g/mol. The normalized spacial score (nSPS) is 11.6. The second-order valence-corrected chi connectivity index (χ2v) is 15.9. The lowest BCUT2D eigenvalue weighted by Gasteiger charge is -2.07. The SMILES string of the molecule is CCCCCCCCCCCCCCCCCCC[n+]1ccn(CCCCCCCC)c1CCCCCCCCCCCCCCCC. The van der Waals surface area contributed by atoms with E-state index >= 15 is 0 Å². The molecule has 0 amide bonds. The molecule has 0 fully saturated rings. The van der Waals surface area contributed by atoms with E-state index in [1.54, 1.807) is 5.82 Å². The Morgan fingerprint density at radius 1 is 0.354 bits per heavy atom. The third kappa shape index (κ3) is 29.0. The first kappa shape index (κ1) is 45.2. The highest BCUT2D eigenvalue weighted by Crippen LogP contribution is 2.16. The van der Waals surface area contributed by atoms with Crippen LogP contribution in [0.2, 0.25) is 0 Å². The van der Waals surface area contributed by atoms with Crippen LogP contribution in [0.5, 0.6) is 0 Å². The van der Waals surface area contributed by atoms with Gasteiger partial charge in [-0.1, -0.05) is 226 Å². The zero-order valence-electron chi connectivity index (χ0n) is 33.8. The highest BCUT2D eigenvalue weighted by molar-refractivity contribution is 4.84. The number of aromatic nitrogens is 2. The van der Waals surface area contributed by atoms with Gasteiger partial charge in [-0.2, -0.15) is 0 Å². The minimum atomic E-state index is 1.23. The van der Waals surface area contributed by atoms with Gasteiger partial charge in [0.2, 0.25) is 0 Å². The van der Waals surface area contributed by atoms with E-state index in [1.807, 2.05) is 0 Å². The Hall–Kier alpha value is -0.790. The molecule has 1 aromatic heterocycles. The molecular formula is C46H91N2+. The molecule has 0 spiro atoms. The van der Waals surface area contributed by atoms with Gasteiger partial charge in [-0.05, 0) is 32.1 Å². The summed E-state index contributed by atoms with van der Waals surface area (Å²) in [7, 11) is 0. The van der Waals surface area contributed by atoms with Crippen LogP contribution in [0.4, 0.5) is 0 Å². The molecule has 0 unspecified atom stereocenters. The van der Waals surface area contributed by atoms with Gasteiger partial charge in [0, 0.05) is 6.42 Å². The predicted molar refractivity (Wildman–Crippen MR) is 216 cm³/mol. The Bertz CT molecular complexity index is 736. The molecule has 0 aliphatic carbocycles. The van der Waals surface area contributed by atoms with Crippen molar-refractivity contribution in [2.75, 3.05) is 0 Å². The number of hydrogen-bond donors (Lipinski definition) is 0. The van der Waals surface area contributed by atoms with Crippen LogP contribution in [-0.2, 0) is 19.5 Å². The van der Waals surface area contributed by atoms with E-state index in [4.69, 9.17) is 0 Å². The molecule has 284 valence electrons. The molecule has 0 aromatic carbocycles. The van der Waals surface area contributed by atoms with Crippen LogP contribution in [-0.4, -0.2) is 4.57 Å². The summed E-state index contributed by atoms with van der Waals surface area (Å²) in [6, 6.07) is 0. The number of unbranched alkanes of at least 4 members (excludes halogenated alkanes) is 34. The van der Waals surface area contributed by atoms with Gasteiger partial charge < -0.3 is 0 Å². The minimum absolute atomic E-state index is 1.23. The summed E-state index contributed by atoms with van der Waals surface area (Å²) in [4.78, 5) is 0. The highest BCUT2D eigenvalue weighted by Gasteiger charge is 2.16. The molecule has 0 aliphatic heterocycles. The van der Waals surface area contributed by atoms with Crippen LogP contribution in [0.3, 0.4) is 0 Å². The van der Waals surface area contributed by atoms with E-state index in [9.17, 15) is 0 Å². The molecule has 1 aromatic rings. The van der Waals surface area contributed by atoms with Gasteiger partial charge in [0.15, 0.2) is 0 Å². The maximum absolute atomic E-state index is 2.64. The molecule has 1 rings (SSSR count). The first-order chi connectivity index (χ1) is 23.8. The Morgan fingerprint density at radius 2 is 0.646 bits per heavy atom. The number of hydrogen-bond acceptors (Lipinski definition) is 0. The molecule has 2 nitrogen and oxygen atoms in total. The summed E-state index contributed by atoms with van der Waals surface area (Å²) in [5.41, 5.74) is 0. The largest absolute Gasteiger partial charge is 0.256 e. The third-order valence-electron chi connectivity index (χ3n) is 11.1. The highest BCUT2D eigenvalue weighted by atomic mass is 15.1. The zero-order valence-corrected chi connectivity index (χ0v) is 33.8. The van der Waals surface area contributed by atoms with Crippen LogP contribution < -0.4 is 4.57 Å². The fraction of sp³-hybridized carbons (Fsp3) is 0.935. The van der Waals surface area contributed by atoms with Crippen molar-refractivity contribution in [2.45, 2.75) is 278 Å². The Kier molecular flexibility index (Phi) is 35.3. The summed E-state index contributed by atoms with van der Waals surface area (Å²) >= 11 is 0. The van der Waals surface area contributed by atoms with Crippen LogP contribution in [0.25, 0.3) is 0 Å². The minimum Gasteiger partial charge on any atom is -0.234 e. The lowest BCUT2D eigenvalue weighted by Crippen LogP contribution is -2.37. The number of rotatable bonds is 40. The summed E-state index contributed by atoms with van der Waals surface area (Å²) in [5, 5.41) is 0. The predicted octanol–water partition coefficient (Wildman–Crippen LogP) is 15.8. The number of imidazole rings is 1. The fourth-order valence-electron chi connectivity index (χ4n) is 7.74. The van der Waals surface area contributed by atoms with E-state index in [-0.39, 0.29) is 0 Å². The second kappa shape index (κ2) is 37.5. The molecule has 0 saturated carbocycles. The van der Waals surface area contributed by atoms with Gasteiger partial charge in [0.1, 0.15) is 12.4 Å². The molecule has 0 radical (unpaired) electrons. The molecule has 1 heterocycles. The first-order valence-corrected chi connectivity index (χ1v) is 22.9. The maximum atomic E-state index is 2.64. The molecule has 0 aliphatic rings. The van der Waals surface area contributed by atoms with Crippen molar-refractivity contribution in [3.63, 3.8) is 0 Å². The summed E-state index contributed by atoms with van der Waals surface area (Å²) in [5.74, 6) is 1.62. The molecule has 48 heavy (non-hydrogen) atoms. The molecule has 0 saturated heterocycles. The van der Waals surface area contributed by atoms with Gasteiger partial charge >= 0.3 is 0 Å². The van der Waals surface area contributed by atoms with Gasteiger partial charge in [0.05, 0.1) is 13.1 Å². The lowest BCUT2D eigenvalue weighted by molar-refractivity contribution is -0.704. The topological polar surface area (TPSA) is 8.81 Å². The fourth-order valence-corrected chi connectivity index (χ4v) is 7.74. The zero-order chi connectivity index (χ0) is 34.4. The lowest BCUT2D eigenvalue weighted by atomic mass is 10.0. The van der Waals surface area contributed by atoms with Crippen molar-refractivity contribution < 1.29 is 4.57 Å². The van der Waals surface area contributed by atoms with Crippen molar-refractivity contribution in [1.29, 1.82) is 0 Å². The average Bonchev–Trinajstić information content (AvgIpc) is 3.48. The summed E-state index contributed by atoms with van der Waals surface area (Å²) in [6.07, 6.45) is 59.4. The Balaban J connectivity index is 2.17. The van der Waals surface area contributed by atoms with Crippen LogP contribution in [0.1, 0.15) is 264 Å². The summed E-state index contributed by atoms with van der Waals surface area (Å²) in [6.45, 7) is 9.41. The van der Waals surface area contributed by atoms with Gasteiger partial charge in [-0.3, -0.25) is 0 Å². The van der Waals surface area contributed by atoms with Crippen LogP contribution in [0, 0.1) is 0 Å². The second-order valence-electron chi connectivity index (χ2n) is 15.9. The number of nitrogens with zero attached hydrogens (tertiary/aromatic N) is 2. The Labute approximate surface area is 304 Å². The quantitative estimate of drug-likeness (QED) is 0.0485. The van der Waals surface area contributed by atoms with Crippen molar-refractivity contribution in [1.82, 2.24) is 4.57 Å². The van der Waals surface area contributed by atoms with Crippen LogP contribution in [0.15, 0.2) is 12.4 Å². The van der Waals surface area contributed by atoms with E-state index in [0.29, 0.717) is 0 Å². The monoisotopic (exact) mass is 672 g/mol. The average molecular weight is 672 g/mol. The van der Waals surface area contributed by atoms with Crippen molar-refractivity contribution in [3.05, 3.63) is 18.2 Å². The molecule has 2 heteroatoms. The first-order valence-electron chi connectivity index (χ1n) is 22.9. The third-order valence-corrected chi connectivity index (χ3v) is 11.1. The molecule has 0 N–H and O–H groups in total. The van der Waals surface area contributed by atoms with Crippen LogP contribution >= 0.6 is 0 Å². The van der Waals surface area contributed by atoms with E-state index in [0.717, 1.165) is 0 Å². The van der Waals surface area contributed by atoms with Crippen molar-refractivity contribution in [3.8, 4) is 0 Å². The molecule has 0 bridgehead atoms. The van der Waals surface area contributed by atoms with Gasteiger partial charge in [-0.25, -0.2) is 9.13 Å². The molecule has 0 atom stereocenters. The Morgan fingerprint density at radius 3 is 1.00 bits per heavy atom. The van der Waals surface area contributed by atoms with Crippen molar-refractivity contribution in [2.24, 2.45) is 0 Å². The smallest absolute Gasteiger partial charge is 0.234 e. The van der Waals surface area contributed by atoms with E-state index in [2.05, 4.69) is 42.3 Å². The number of aryl methyl sites for hydroxylation is 2. The summed E-state index contributed by atoms with van der Waals surface area (Å²) < 4.78 is 5.28. The van der Waals surface area contributed by atoms with E-state index in [1.165, 1.54) is 257 Å².